The number of amides is 1. The maximum Gasteiger partial charge on any atom is 0.408 e. The molecule has 0 aliphatic carbocycles. The highest BCUT2D eigenvalue weighted by molar-refractivity contribution is 5.90. The molecule has 0 heterocycles. The van der Waals surface area contributed by atoms with Crippen LogP contribution in [-0.4, -0.2) is 42.7 Å². The van der Waals surface area contributed by atoms with E-state index in [9.17, 15) is 23.2 Å². The van der Waals surface area contributed by atoms with Crippen LogP contribution in [0.25, 0.3) is 0 Å². The second-order valence-electron chi connectivity index (χ2n) is 8.88. The number of alkyl carbamates (subject to hydrolysis) is 1. The van der Waals surface area contributed by atoms with Gasteiger partial charge in [0.15, 0.2) is 5.78 Å². The maximum absolute atomic E-state index is 12.8. The highest BCUT2D eigenvalue weighted by Crippen LogP contribution is 2.20. The zero-order valence-corrected chi connectivity index (χ0v) is 19.2. The van der Waals surface area contributed by atoms with Gasteiger partial charge < -0.3 is 19.5 Å². The highest BCUT2D eigenvalue weighted by atomic mass is 19.3. The number of carbonyl (C=O) groups is 3. The first-order chi connectivity index (χ1) is 14.9. The molecule has 0 saturated carbocycles. The minimum Gasteiger partial charge on any atom is -0.461 e. The van der Waals surface area contributed by atoms with E-state index in [0.29, 0.717) is 6.42 Å². The van der Waals surface area contributed by atoms with Crippen LogP contribution in [0.1, 0.15) is 53.0 Å². The van der Waals surface area contributed by atoms with Gasteiger partial charge in [0.2, 0.25) is 0 Å². The van der Waals surface area contributed by atoms with Crippen LogP contribution in [0, 0.1) is 11.8 Å². The lowest BCUT2D eigenvalue weighted by molar-refractivity contribution is -0.154. The van der Waals surface area contributed by atoms with Crippen molar-refractivity contribution in [3.63, 3.8) is 0 Å². The molecule has 0 unspecified atom stereocenters. The molecule has 9 heteroatoms. The fraction of sp³-hybridized carbons (Fsp3) is 0.609. The normalized spacial score (nSPS) is 13.5. The summed E-state index contributed by atoms with van der Waals surface area (Å²) in [5.41, 5.74) is -0.0480. The molecule has 2 atom stereocenters. The van der Waals surface area contributed by atoms with Gasteiger partial charge in [0.25, 0.3) is 0 Å². The molecule has 1 rings (SSSR count). The van der Waals surface area contributed by atoms with Gasteiger partial charge in [-0.1, -0.05) is 44.2 Å². The third-order valence-corrected chi connectivity index (χ3v) is 4.23. The van der Waals surface area contributed by atoms with Gasteiger partial charge >= 0.3 is 18.7 Å². The summed E-state index contributed by atoms with van der Waals surface area (Å²) in [6.07, 6.45) is -0.881. The summed E-state index contributed by atoms with van der Waals surface area (Å²) < 4.78 is 39.8. The zero-order valence-electron chi connectivity index (χ0n) is 19.2. The molecule has 0 aliphatic rings. The molecule has 1 aromatic carbocycles. The predicted molar refractivity (Wildman–Crippen MR) is 114 cm³/mol. The Kier molecular flexibility index (Phi) is 11.3. The summed E-state index contributed by atoms with van der Waals surface area (Å²) >= 11 is 0. The Morgan fingerprint density at radius 3 is 2.22 bits per heavy atom. The summed E-state index contributed by atoms with van der Waals surface area (Å²) in [4.78, 5) is 37.5. The van der Waals surface area contributed by atoms with E-state index < -0.39 is 48.6 Å². The number of Topliss-reactive ketones (excluding diaryl/α,β-unsaturated/α-hetero) is 1. The van der Waals surface area contributed by atoms with Gasteiger partial charge in [-0.2, -0.15) is 8.78 Å². The third-order valence-electron chi connectivity index (χ3n) is 4.23. The molecule has 0 radical (unpaired) electrons. The van der Waals surface area contributed by atoms with Crippen molar-refractivity contribution in [1.29, 1.82) is 0 Å². The van der Waals surface area contributed by atoms with Gasteiger partial charge in [0.05, 0.1) is 12.5 Å². The van der Waals surface area contributed by atoms with E-state index in [1.807, 2.05) is 32.0 Å². The molecule has 0 saturated heterocycles. The third kappa shape index (κ3) is 11.7. The summed E-state index contributed by atoms with van der Waals surface area (Å²) in [7, 11) is 0. The number of alkyl halides is 2. The summed E-state index contributed by atoms with van der Waals surface area (Å²) in [6.45, 7) is 4.84. The van der Waals surface area contributed by atoms with Gasteiger partial charge in [-0.15, -0.1) is 0 Å². The van der Waals surface area contributed by atoms with Gasteiger partial charge in [0.1, 0.15) is 18.2 Å². The number of benzene rings is 1. The van der Waals surface area contributed by atoms with Crippen molar-refractivity contribution >= 4 is 17.8 Å². The van der Waals surface area contributed by atoms with Crippen LogP contribution in [0.3, 0.4) is 0 Å². The second kappa shape index (κ2) is 13.1. The van der Waals surface area contributed by atoms with E-state index in [1.54, 1.807) is 32.9 Å². The second-order valence-corrected chi connectivity index (χ2v) is 8.88. The lowest BCUT2D eigenvalue weighted by Gasteiger charge is -2.24. The molecule has 1 amide bonds. The number of carbonyl (C=O) groups excluding carboxylic acids is 3. The molecule has 0 aromatic heterocycles. The number of rotatable bonds is 12. The number of hydrogen-bond acceptors (Lipinski definition) is 6. The van der Waals surface area contributed by atoms with Crippen LogP contribution in [-0.2, 0) is 30.4 Å². The fourth-order valence-electron chi connectivity index (χ4n) is 2.90. The molecule has 1 aromatic rings. The van der Waals surface area contributed by atoms with E-state index in [4.69, 9.17) is 9.47 Å². The lowest BCUT2D eigenvalue weighted by atomic mass is 9.90. The van der Waals surface area contributed by atoms with Crippen LogP contribution in [0.15, 0.2) is 30.3 Å². The molecule has 180 valence electrons. The van der Waals surface area contributed by atoms with Gasteiger partial charge in [0, 0.05) is 6.42 Å². The monoisotopic (exact) mass is 457 g/mol. The Hall–Kier alpha value is -2.55. The molecular weight excluding hydrogens is 424 g/mol. The van der Waals surface area contributed by atoms with Crippen molar-refractivity contribution < 1.29 is 37.4 Å². The largest absolute Gasteiger partial charge is 0.461 e. The summed E-state index contributed by atoms with van der Waals surface area (Å²) in [5, 5.41) is 2.26. The average molecular weight is 458 g/mol. The minimum atomic E-state index is -3.12. The summed E-state index contributed by atoms with van der Waals surface area (Å²) in [5.74, 6) is -1.91. The van der Waals surface area contributed by atoms with E-state index in [0.717, 1.165) is 5.56 Å². The molecule has 0 spiro atoms. The van der Waals surface area contributed by atoms with E-state index in [1.165, 1.54) is 0 Å². The van der Waals surface area contributed by atoms with Crippen molar-refractivity contribution in [2.24, 2.45) is 11.8 Å². The van der Waals surface area contributed by atoms with Crippen molar-refractivity contribution in [2.45, 2.75) is 72.3 Å². The van der Waals surface area contributed by atoms with Crippen molar-refractivity contribution in [3.8, 4) is 0 Å². The van der Waals surface area contributed by atoms with Crippen LogP contribution in [0.2, 0.25) is 0 Å². The van der Waals surface area contributed by atoms with Crippen LogP contribution >= 0.6 is 0 Å². The number of ketones is 1. The standard InChI is InChI=1S/C23H33F2NO6/c1-15(2)11-17(20(28)30-13-16-9-7-6-8-10-16)12-19(27)18(14-31-21(24)25)26-22(29)32-23(3,4)5/h6-10,15,17-18,21H,11-14H2,1-5H3,(H,26,29)/t17-,18+/m1/s1. The SMILES string of the molecule is CC(C)C[C@H](CC(=O)[C@H](COC(F)F)NC(=O)OC(C)(C)C)C(=O)OCc1ccccc1. The number of hydrogen-bond donors (Lipinski definition) is 1. The number of ether oxygens (including phenoxy) is 3. The zero-order chi connectivity index (χ0) is 24.3. The van der Waals surface area contributed by atoms with Crippen LogP contribution < -0.4 is 5.32 Å². The highest BCUT2D eigenvalue weighted by Gasteiger charge is 2.31. The van der Waals surface area contributed by atoms with E-state index in [2.05, 4.69) is 10.1 Å². The fourth-order valence-corrected chi connectivity index (χ4v) is 2.90. The predicted octanol–water partition coefficient (Wildman–Crippen LogP) is 4.48. The van der Waals surface area contributed by atoms with Gasteiger partial charge in [-0.3, -0.25) is 9.59 Å². The van der Waals surface area contributed by atoms with Crippen molar-refractivity contribution in [3.05, 3.63) is 35.9 Å². The quantitative estimate of drug-likeness (QED) is 0.465. The Morgan fingerprint density at radius 2 is 1.69 bits per heavy atom. The number of nitrogens with one attached hydrogen (secondary N) is 1. The van der Waals surface area contributed by atoms with Crippen molar-refractivity contribution in [2.75, 3.05) is 6.61 Å². The minimum absolute atomic E-state index is 0.0521. The Morgan fingerprint density at radius 1 is 1.06 bits per heavy atom. The Balaban J connectivity index is 2.85. The smallest absolute Gasteiger partial charge is 0.408 e. The van der Waals surface area contributed by atoms with E-state index in [-0.39, 0.29) is 18.9 Å². The van der Waals surface area contributed by atoms with Crippen LogP contribution in [0.5, 0.6) is 0 Å². The molecule has 0 fully saturated rings. The maximum atomic E-state index is 12.8. The number of esters is 1. The number of halogens is 2. The first-order valence-corrected chi connectivity index (χ1v) is 10.5. The van der Waals surface area contributed by atoms with E-state index >= 15 is 0 Å². The topological polar surface area (TPSA) is 90.9 Å². The lowest BCUT2D eigenvalue weighted by Crippen LogP contribution is -2.47. The van der Waals surface area contributed by atoms with Crippen LogP contribution in [0.4, 0.5) is 13.6 Å². The Labute approximate surface area is 187 Å². The summed E-state index contributed by atoms with van der Waals surface area (Å²) in [6, 6.07) is 7.68. The molecule has 0 bridgehead atoms. The molecule has 0 aliphatic heterocycles. The van der Waals surface area contributed by atoms with Crippen molar-refractivity contribution in [1.82, 2.24) is 5.32 Å². The first kappa shape index (κ1) is 27.5. The average Bonchev–Trinajstić information content (AvgIpc) is 2.67. The van der Waals surface area contributed by atoms with Gasteiger partial charge in [-0.05, 0) is 38.7 Å². The van der Waals surface area contributed by atoms with Gasteiger partial charge in [-0.25, -0.2) is 4.79 Å². The first-order valence-electron chi connectivity index (χ1n) is 10.5. The molecular formula is C23H33F2NO6. The Bertz CT molecular complexity index is 734. The molecule has 1 N–H and O–H groups in total. The molecule has 32 heavy (non-hydrogen) atoms. The molecule has 7 nitrogen and oxygen atoms in total.